The van der Waals surface area contributed by atoms with E-state index in [0.717, 1.165) is 0 Å². The Morgan fingerprint density at radius 2 is 1.75 bits per heavy atom. The summed E-state index contributed by atoms with van der Waals surface area (Å²) < 4.78 is 0. The lowest BCUT2D eigenvalue weighted by Crippen LogP contribution is -2.36. The summed E-state index contributed by atoms with van der Waals surface area (Å²) >= 11 is 0. The van der Waals surface area contributed by atoms with Crippen LogP contribution in [-0.2, 0) is 15.0 Å². The van der Waals surface area contributed by atoms with E-state index in [-0.39, 0.29) is 12.0 Å². The molecule has 0 heterocycles. The maximum atomic E-state index is 12.3. The van der Waals surface area contributed by atoms with Crippen LogP contribution in [0.4, 0.5) is 5.69 Å². The molecule has 2 rings (SSSR count). The third kappa shape index (κ3) is 3.78. The van der Waals surface area contributed by atoms with Crippen molar-refractivity contribution in [2.45, 2.75) is 18.8 Å². The van der Waals surface area contributed by atoms with Gasteiger partial charge in [0, 0.05) is 17.7 Å². The van der Waals surface area contributed by atoms with Gasteiger partial charge in [-0.1, -0.05) is 36.4 Å². The molecule has 124 valence electrons. The van der Waals surface area contributed by atoms with E-state index in [9.17, 15) is 19.5 Å². The first-order valence-electron chi connectivity index (χ1n) is 7.31. The number of carbonyl (C=O) groups excluding carboxylic acids is 2. The van der Waals surface area contributed by atoms with Crippen LogP contribution in [0.15, 0.2) is 54.6 Å². The minimum Gasteiger partial charge on any atom is -0.481 e. The topological polar surface area (TPSA) is 109 Å². The third-order valence-electron chi connectivity index (χ3n) is 3.83. The Morgan fingerprint density at radius 1 is 1.08 bits per heavy atom. The molecule has 0 aliphatic carbocycles. The second-order valence-corrected chi connectivity index (χ2v) is 5.67. The van der Waals surface area contributed by atoms with Gasteiger partial charge in [-0.05, 0) is 30.7 Å². The smallest absolute Gasteiger partial charge is 0.314 e. The molecule has 0 aromatic heterocycles. The van der Waals surface area contributed by atoms with Crippen LogP contribution in [0, 0.1) is 0 Å². The first-order valence-corrected chi connectivity index (χ1v) is 7.31. The molecule has 2 aromatic rings. The van der Waals surface area contributed by atoms with Crippen molar-refractivity contribution in [1.82, 2.24) is 0 Å². The molecule has 0 aliphatic heterocycles. The molecule has 0 aliphatic rings. The minimum absolute atomic E-state index is 0.243. The number of carboxylic acid groups (broad SMARTS) is 1. The molecule has 0 radical (unpaired) electrons. The number of benzene rings is 2. The standard InChI is InChI=1S/C18H18N2O4/c1-18(17(23)24,13-7-3-2-4-8-13)11-15(21)20-14-9-5-6-12(10-14)16(19)22/h2-10H,11H2,1H3,(H2,19,22)(H,20,21)(H,23,24)/t18-/m0/s1. The molecule has 0 bridgehead atoms. The van der Waals surface area contributed by atoms with Crippen molar-refractivity contribution in [3.05, 3.63) is 65.7 Å². The summed E-state index contributed by atoms with van der Waals surface area (Å²) in [4.78, 5) is 35.2. The normalized spacial score (nSPS) is 12.9. The Kier molecular flexibility index (Phi) is 4.99. The quantitative estimate of drug-likeness (QED) is 0.755. The lowest BCUT2D eigenvalue weighted by atomic mass is 9.79. The predicted octanol–water partition coefficient (Wildman–Crippen LogP) is 2.16. The highest BCUT2D eigenvalue weighted by Gasteiger charge is 2.37. The first-order chi connectivity index (χ1) is 11.3. The van der Waals surface area contributed by atoms with Crippen molar-refractivity contribution in [2.24, 2.45) is 5.73 Å². The van der Waals surface area contributed by atoms with Crippen molar-refractivity contribution in [1.29, 1.82) is 0 Å². The van der Waals surface area contributed by atoms with Crippen molar-refractivity contribution in [3.8, 4) is 0 Å². The number of amides is 2. The molecule has 24 heavy (non-hydrogen) atoms. The lowest BCUT2D eigenvalue weighted by Gasteiger charge is -2.24. The number of carboxylic acids is 1. The maximum absolute atomic E-state index is 12.3. The highest BCUT2D eigenvalue weighted by atomic mass is 16.4. The number of carbonyl (C=O) groups is 3. The van der Waals surface area contributed by atoms with Crippen LogP contribution in [0.25, 0.3) is 0 Å². The number of aliphatic carboxylic acids is 1. The molecule has 1 atom stereocenters. The summed E-state index contributed by atoms with van der Waals surface area (Å²) in [5.74, 6) is -2.16. The van der Waals surface area contributed by atoms with Crippen molar-refractivity contribution < 1.29 is 19.5 Å². The number of nitrogens with one attached hydrogen (secondary N) is 1. The number of anilines is 1. The summed E-state index contributed by atoms with van der Waals surface area (Å²) in [6.45, 7) is 1.50. The Bertz CT molecular complexity index is 774. The zero-order valence-electron chi connectivity index (χ0n) is 13.2. The molecule has 0 spiro atoms. The van der Waals surface area contributed by atoms with E-state index in [4.69, 9.17) is 5.73 Å². The first kappa shape index (κ1) is 17.2. The zero-order chi connectivity index (χ0) is 17.7. The Morgan fingerprint density at radius 3 is 2.33 bits per heavy atom. The van der Waals surface area contributed by atoms with Gasteiger partial charge >= 0.3 is 5.97 Å². The van der Waals surface area contributed by atoms with Gasteiger partial charge in [-0.2, -0.15) is 0 Å². The van der Waals surface area contributed by atoms with Gasteiger partial charge in [-0.15, -0.1) is 0 Å². The van der Waals surface area contributed by atoms with Crippen LogP contribution in [0.3, 0.4) is 0 Å². The van der Waals surface area contributed by atoms with Gasteiger partial charge in [0.15, 0.2) is 0 Å². The van der Waals surface area contributed by atoms with Gasteiger partial charge in [0.1, 0.15) is 0 Å². The van der Waals surface area contributed by atoms with Gasteiger partial charge < -0.3 is 16.2 Å². The van der Waals surface area contributed by atoms with Crippen molar-refractivity contribution in [2.75, 3.05) is 5.32 Å². The molecular formula is C18H18N2O4. The van der Waals surface area contributed by atoms with E-state index in [1.807, 2.05) is 0 Å². The highest BCUT2D eigenvalue weighted by molar-refractivity contribution is 5.98. The summed E-state index contributed by atoms with van der Waals surface area (Å²) in [6, 6.07) is 14.7. The molecule has 4 N–H and O–H groups in total. The van der Waals surface area contributed by atoms with Crippen LogP contribution in [0.2, 0.25) is 0 Å². The van der Waals surface area contributed by atoms with Gasteiger partial charge in [0.25, 0.3) is 0 Å². The third-order valence-corrected chi connectivity index (χ3v) is 3.83. The van der Waals surface area contributed by atoms with Gasteiger partial charge in [-0.3, -0.25) is 14.4 Å². The number of primary amides is 1. The Labute approximate surface area is 139 Å². The molecule has 0 saturated heterocycles. The van der Waals surface area contributed by atoms with Crippen LogP contribution in [0.1, 0.15) is 29.3 Å². The maximum Gasteiger partial charge on any atom is 0.314 e. The minimum atomic E-state index is -1.35. The van der Waals surface area contributed by atoms with Crippen LogP contribution < -0.4 is 11.1 Å². The van der Waals surface area contributed by atoms with Crippen LogP contribution >= 0.6 is 0 Å². The predicted molar refractivity (Wildman–Crippen MR) is 89.6 cm³/mol. The van der Waals surface area contributed by atoms with Gasteiger partial charge in [-0.25, -0.2) is 0 Å². The second kappa shape index (κ2) is 6.95. The number of hydrogen-bond donors (Lipinski definition) is 3. The molecule has 0 fully saturated rings. The second-order valence-electron chi connectivity index (χ2n) is 5.67. The monoisotopic (exact) mass is 326 g/mol. The molecule has 6 nitrogen and oxygen atoms in total. The van der Waals surface area contributed by atoms with E-state index in [2.05, 4.69) is 5.32 Å². The summed E-state index contributed by atoms with van der Waals surface area (Å²) in [5, 5.41) is 12.2. The Balaban J connectivity index is 2.19. The zero-order valence-corrected chi connectivity index (χ0v) is 13.2. The van der Waals surface area contributed by atoms with E-state index in [1.54, 1.807) is 42.5 Å². The SMILES string of the molecule is C[C@@](CC(=O)Nc1cccc(C(N)=O)c1)(C(=O)O)c1ccccc1. The van der Waals surface area contributed by atoms with Gasteiger partial charge in [0.05, 0.1) is 5.41 Å². The van der Waals surface area contributed by atoms with E-state index in [0.29, 0.717) is 11.3 Å². The van der Waals surface area contributed by atoms with Crippen LogP contribution in [-0.4, -0.2) is 22.9 Å². The molecular weight excluding hydrogens is 308 g/mol. The number of hydrogen-bond acceptors (Lipinski definition) is 3. The summed E-state index contributed by atoms with van der Waals surface area (Å²) in [5.41, 5.74) is 5.03. The molecule has 6 heteroatoms. The molecule has 0 unspecified atom stereocenters. The average molecular weight is 326 g/mol. The van der Waals surface area contributed by atoms with Crippen molar-refractivity contribution in [3.63, 3.8) is 0 Å². The molecule has 0 saturated carbocycles. The van der Waals surface area contributed by atoms with E-state index in [1.165, 1.54) is 19.1 Å². The summed E-state index contributed by atoms with van der Waals surface area (Å²) in [7, 11) is 0. The number of nitrogens with two attached hydrogens (primary N) is 1. The fourth-order valence-corrected chi connectivity index (χ4v) is 2.38. The Hall–Kier alpha value is -3.15. The largest absolute Gasteiger partial charge is 0.481 e. The molecule has 2 amide bonds. The van der Waals surface area contributed by atoms with E-state index < -0.39 is 23.2 Å². The summed E-state index contributed by atoms with van der Waals surface area (Å²) in [6.07, 6.45) is -0.243. The van der Waals surface area contributed by atoms with Gasteiger partial charge in [0.2, 0.25) is 11.8 Å². The fourth-order valence-electron chi connectivity index (χ4n) is 2.38. The average Bonchev–Trinajstić information content (AvgIpc) is 2.55. The van der Waals surface area contributed by atoms with Crippen molar-refractivity contribution >= 4 is 23.5 Å². The fraction of sp³-hybridized carbons (Fsp3) is 0.167. The number of rotatable bonds is 6. The van der Waals surface area contributed by atoms with Crippen LogP contribution in [0.5, 0.6) is 0 Å². The van der Waals surface area contributed by atoms with E-state index >= 15 is 0 Å². The highest BCUT2D eigenvalue weighted by Crippen LogP contribution is 2.28. The lowest BCUT2D eigenvalue weighted by molar-refractivity contribution is -0.145. The molecule has 2 aromatic carbocycles.